The minimum atomic E-state index is -0.517. The predicted octanol–water partition coefficient (Wildman–Crippen LogP) is 3.34. The highest BCUT2D eigenvalue weighted by molar-refractivity contribution is 6.31. The predicted molar refractivity (Wildman–Crippen MR) is 88.2 cm³/mol. The highest BCUT2D eigenvalue weighted by Crippen LogP contribution is 2.40. The number of amides is 1. The number of primary amides is 1. The molecule has 118 valence electrons. The third-order valence-corrected chi connectivity index (χ3v) is 4.87. The number of fused-ring (bicyclic) bond motifs is 1. The zero-order valence-electron chi connectivity index (χ0n) is 13.1. The number of halogens is 1. The lowest BCUT2D eigenvalue weighted by Crippen LogP contribution is -2.45. The maximum atomic E-state index is 12.1. The average Bonchev–Trinajstić information content (AvgIpc) is 2.99. The van der Waals surface area contributed by atoms with Crippen molar-refractivity contribution in [2.24, 2.45) is 5.73 Å². The van der Waals surface area contributed by atoms with Gasteiger partial charge in [0, 0.05) is 11.1 Å². The molecule has 1 aliphatic rings. The van der Waals surface area contributed by atoms with Gasteiger partial charge in [-0.05, 0) is 58.4 Å². The lowest BCUT2D eigenvalue weighted by molar-refractivity contribution is 0.107. The van der Waals surface area contributed by atoms with Crippen LogP contribution in [0.3, 0.4) is 0 Å². The van der Waals surface area contributed by atoms with Crippen LogP contribution in [0.4, 0.5) is 4.79 Å². The number of likely N-dealkylation sites (tertiary alicyclic amines) is 1. The van der Waals surface area contributed by atoms with Crippen LogP contribution < -0.4 is 5.73 Å². The molecule has 0 unspecified atom stereocenters. The number of hydrogen-bond acceptors (Lipinski definition) is 3. The lowest BCUT2D eigenvalue weighted by Gasteiger charge is -2.37. The summed E-state index contributed by atoms with van der Waals surface area (Å²) in [5.41, 5.74) is 6.77. The normalized spacial score (nSPS) is 22.8. The van der Waals surface area contributed by atoms with Crippen molar-refractivity contribution in [1.82, 2.24) is 14.5 Å². The first kappa shape index (κ1) is 15.3. The molecule has 0 spiro atoms. The molecule has 1 aliphatic heterocycles. The largest absolute Gasteiger partial charge is 0.351 e. The Morgan fingerprint density at radius 1 is 1.45 bits per heavy atom. The number of nitrogens with zero attached hydrogens (tertiary/aromatic N) is 3. The van der Waals surface area contributed by atoms with Crippen LogP contribution in [0.15, 0.2) is 18.2 Å². The molecule has 1 saturated heterocycles. The number of carbonyl (C=O) groups excluding carboxylic acids is 1. The maximum absolute atomic E-state index is 12.1. The summed E-state index contributed by atoms with van der Waals surface area (Å²) in [6, 6.07) is 5.21. The summed E-state index contributed by atoms with van der Waals surface area (Å²) in [5.74, 6) is 0.712. The van der Waals surface area contributed by atoms with Gasteiger partial charge in [0.25, 0.3) is 0 Å². The van der Waals surface area contributed by atoms with Crippen LogP contribution in [0.2, 0.25) is 5.02 Å². The molecule has 1 fully saturated rings. The highest BCUT2D eigenvalue weighted by Gasteiger charge is 2.43. The first-order valence-corrected chi connectivity index (χ1v) is 7.97. The molecule has 3 rings (SSSR count). The van der Waals surface area contributed by atoms with Gasteiger partial charge in [-0.25, -0.2) is 14.3 Å². The number of carbonyl (C=O) groups is 1. The molecule has 0 bridgehead atoms. The Bertz CT molecular complexity index is 739. The van der Waals surface area contributed by atoms with Crippen LogP contribution in [0.5, 0.6) is 0 Å². The highest BCUT2D eigenvalue weighted by atomic mass is 35.5. The zero-order chi connectivity index (χ0) is 16.1. The van der Waals surface area contributed by atoms with E-state index in [1.165, 1.54) is 4.57 Å². The van der Waals surface area contributed by atoms with Crippen molar-refractivity contribution in [2.75, 3.05) is 6.54 Å². The van der Waals surface area contributed by atoms with Crippen molar-refractivity contribution in [2.45, 2.75) is 45.2 Å². The van der Waals surface area contributed by atoms with Gasteiger partial charge in [0.05, 0.1) is 16.6 Å². The van der Waals surface area contributed by atoms with Crippen molar-refractivity contribution in [3.8, 4) is 0 Å². The molecule has 0 radical (unpaired) electrons. The Labute approximate surface area is 135 Å². The lowest BCUT2D eigenvalue weighted by atomic mass is 9.96. The number of imidazole rings is 1. The second-order valence-electron chi connectivity index (χ2n) is 6.41. The van der Waals surface area contributed by atoms with E-state index in [1.807, 2.05) is 6.07 Å². The summed E-state index contributed by atoms with van der Waals surface area (Å²) >= 11 is 6.07. The Morgan fingerprint density at radius 2 is 2.18 bits per heavy atom. The minimum Gasteiger partial charge on any atom is -0.351 e. The van der Waals surface area contributed by atoms with E-state index in [2.05, 4.69) is 25.7 Å². The molecule has 0 aliphatic carbocycles. The average molecular weight is 321 g/mol. The topological polar surface area (TPSA) is 64.2 Å². The SMILES string of the molecule is CC(C)N1CCC[C@@]1(C)c1nc2ccc(Cl)cc2n1C(N)=O. The number of aromatic nitrogens is 2. The van der Waals surface area contributed by atoms with E-state index in [-0.39, 0.29) is 5.54 Å². The summed E-state index contributed by atoms with van der Waals surface area (Å²) in [5, 5.41) is 0.568. The van der Waals surface area contributed by atoms with Gasteiger partial charge in [0.15, 0.2) is 0 Å². The quantitative estimate of drug-likeness (QED) is 0.923. The first-order valence-electron chi connectivity index (χ1n) is 7.59. The van der Waals surface area contributed by atoms with Crippen molar-refractivity contribution in [3.05, 3.63) is 29.0 Å². The van der Waals surface area contributed by atoms with Gasteiger partial charge in [-0.1, -0.05) is 11.6 Å². The van der Waals surface area contributed by atoms with Crippen LogP contribution in [-0.4, -0.2) is 33.1 Å². The van der Waals surface area contributed by atoms with E-state index < -0.39 is 6.03 Å². The molecule has 1 aromatic carbocycles. The van der Waals surface area contributed by atoms with Crippen LogP contribution in [0.25, 0.3) is 11.0 Å². The van der Waals surface area contributed by atoms with E-state index in [0.717, 1.165) is 24.9 Å². The molecule has 22 heavy (non-hydrogen) atoms. The standard InChI is InChI=1S/C16H21ClN4O/c1-10(2)20-8-4-7-16(20,3)14-19-12-6-5-11(17)9-13(12)21(14)15(18)22/h5-6,9-10H,4,7-8H2,1-3H3,(H2,18,22)/t16-/m0/s1. The molecule has 6 heteroatoms. The Morgan fingerprint density at radius 3 is 2.82 bits per heavy atom. The Kier molecular flexibility index (Phi) is 3.65. The second-order valence-corrected chi connectivity index (χ2v) is 6.84. The third kappa shape index (κ3) is 2.20. The second kappa shape index (κ2) is 5.25. The van der Waals surface area contributed by atoms with Crippen molar-refractivity contribution >= 4 is 28.7 Å². The Balaban J connectivity index is 2.26. The molecule has 2 aromatic rings. The maximum Gasteiger partial charge on any atom is 0.324 e. The van der Waals surface area contributed by atoms with E-state index in [9.17, 15) is 4.79 Å². The summed E-state index contributed by atoms with van der Waals surface area (Å²) in [4.78, 5) is 19.2. The van der Waals surface area contributed by atoms with Gasteiger partial charge >= 0.3 is 6.03 Å². The van der Waals surface area contributed by atoms with Crippen molar-refractivity contribution in [1.29, 1.82) is 0 Å². The minimum absolute atomic E-state index is 0.297. The van der Waals surface area contributed by atoms with E-state index >= 15 is 0 Å². The smallest absolute Gasteiger partial charge is 0.324 e. The van der Waals surface area contributed by atoms with E-state index in [1.54, 1.807) is 12.1 Å². The fourth-order valence-corrected chi connectivity index (χ4v) is 3.85. The molecule has 1 amide bonds. The van der Waals surface area contributed by atoms with E-state index in [4.69, 9.17) is 22.3 Å². The van der Waals surface area contributed by atoms with Gasteiger partial charge < -0.3 is 5.73 Å². The number of rotatable bonds is 2. The molecule has 2 heterocycles. The molecule has 1 atom stereocenters. The summed E-state index contributed by atoms with van der Waals surface area (Å²) in [7, 11) is 0. The molecule has 0 saturated carbocycles. The van der Waals surface area contributed by atoms with Crippen LogP contribution >= 0.6 is 11.6 Å². The van der Waals surface area contributed by atoms with Crippen molar-refractivity contribution < 1.29 is 4.79 Å². The van der Waals surface area contributed by atoms with Gasteiger partial charge in [0.2, 0.25) is 0 Å². The fourth-order valence-electron chi connectivity index (χ4n) is 3.69. The summed E-state index contributed by atoms with van der Waals surface area (Å²) in [6.45, 7) is 7.47. The summed E-state index contributed by atoms with van der Waals surface area (Å²) in [6.07, 6.45) is 2.03. The van der Waals surface area contributed by atoms with E-state index in [0.29, 0.717) is 22.4 Å². The fraction of sp³-hybridized carbons (Fsp3) is 0.500. The molecule has 5 nitrogen and oxygen atoms in total. The van der Waals surface area contributed by atoms with Crippen molar-refractivity contribution in [3.63, 3.8) is 0 Å². The number of nitrogens with two attached hydrogens (primary N) is 1. The van der Waals surface area contributed by atoms with Crippen LogP contribution in [0, 0.1) is 0 Å². The van der Waals surface area contributed by atoms with Crippen LogP contribution in [0.1, 0.15) is 39.4 Å². The monoisotopic (exact) mass is 320 g/mol. The zero-order valence-corrected chi connectivity index (χ0v) is 13.9. The number of benzene rings is 1. The van der Waals surface area contributed by atoms with Gasteiger partial charge in [-0.15, -0.1) is 0 Å². The summed E-state index contributed by atoms with van der Waals surface area (Å²) < 4.78 is 1.52. The van der Waals surface area contributed by atoms with Crippen LogP contribution in [-0.2, 0) is 5.54 Å². The molecule has 1 aromatic heterocycles. The van der Waals surface area contributed by atoms with Gasteiger partial charge in [0.1, 0.15) is 5.82 Å². The van der Waals surface area contributed by atoms with Gasteiger partial charge in [-0.2, -0.15) is 0 Å². The number of hydrogen-bond donors (Lipinski definition) is 1. The third-order valence-electron chi connectivity index (χ3n) is 4.64. The molecular weight excluding hydrogens is 300 g/mol. The molecule has 2 N–H and O–H groups in total. The van der Waals surface area contributed by atoms with Gasteiger partial charge in [-0.3, -0.25) is 4.90 Å². The Hall–Kier alpha value is -1.59. The molecular formula is C16H21ClN4O. The first-order chi connectivity index (χ1) is 10.3.